The summed E-state index contributed by atoms with van der Waals surface area (Å²) in [5.41, 5.74) is 2.12. The predicted molar refractivity (Wildman–Crippen MR) is 73.7 cm³/mol. The van der Waals surface area contributed by atoms with Crippen LogP contribution in [0.5, 0.6) is 0 Å². The second kappa shape index (κ2) is 5.53. The molecule has 0 aliphatic rings. The number of aromatic nitrogens is 3. The van der Waals surface area contributed by atoms with Gasteiger partial charge in [0.2, 0.25) is 0 Å². The van der Waals surface area contributed by atoms with Gasteiger partial charge in [-0.05, 0) is 13.0 Å². The summed E-state index contributed by atoms with van der Waals surface area (Å²) < 4.78 is 2.03. The summed E-state index contributed by atoms with van der Waals surface area (Å²) in [4.78, 5) is 10.7. The zero-order valence-electron chi connectivity index (χ0n) is 11.1. The second-order valence-electron chi connectivity index (χ2n) is 4.27. The molecule has 2 aromatic heterocycles. The Morgan fingerprint density at radius 3 is 2.89 bits per heavy atom. The summed E-state index contributed by atoms with van der Waals surface area (Å²) in [7, 11) is 4.05. The van der Waals surface area contributed by atoms with Crippen molar-refractivity contribution in [1.29, 1.82) is 0 Å². The quantitative estimate of drug-likeness (QED) is 0.873. The van der Waals surface area contributed by atoms with E-state index in [1.807, 2.05) is 43.4 Å². The Balaban J connectivity index is 2.11. The van der Waals surface area contributed by atoms with Crippen LogP contribution in [0.4, 0.5) is 11.4 Å². The Morgan fingerprint density at radius 1 is 1.39 bits per heavy atom. The minimum Gasteiger partial charge on any atom is -0.384 e. The molecule has 0 atom stereocenters. The third kappa shape index (κ3) is 2.80. The largest absolute Gasteiger partial charge is 0.384 e. The van der Waals surface area contributed by atoms with Gasteiger partial charge in [-0.15, -0.1) is 0 Å². The number of aryl methyl sites for hydroxylation is 1. The smallest absolute Gasteiger partial charge is 0.127 e. The lowest BCUT2D eigenvalue weighted by Gasteiger charge is -2.19. The first-order valence-electron chi connectivity index (χ1n) is 6.07. The molecule has 5 nitrogen and oxygen atoms in total. The van der Waals surface area contributed by atoms with E-state index in [0.717, 1.165) is 30.3 Å². The highest BCUT2D eigenvalue weighted by molar-refractivity contribution is 5.55. The van der Waals surface area contributed by atoms with Crippen LogP contribution in [0.25, 0.3) is 0 Å². The molecule has 0 aliphatic carbocycles. The highest BCUT2D eigenvalue weighted by atomic mass is 15.2. The summed E-state index contributed by atoms with van der Waals surface area (Å²) in [6.07, 6.45) is 7.47. The average Bonchev–Trinajstić information content (AvgIpc) is 2.76. The molecule has 2 heterocycles. The SMILES string of the molecule is CCNc1cncc(N(C)Cc2nccn2C)c1. The van der Waals surface area contributed by atoms with E-state index in [2.05, 4.69) is 33.2 Å². The average molecular weight is 245 g/mol. The molecular formula is C13H19N5. The van der Waals surface area contributed by atoms with Crippen LogP contribution in [0.1, 0.15) is 12.7 Å². The zero-order valence-corrected chi connectivity index (χ0v) is 11.1. The first-order valence-corrected chi connectivity index (χ1v) is 6.07. The number of hydrogen-bond acceptors (Lipinski definition) is 4. The Labute approximate surface area is 107 Å². The van der Waals surface area contributed by atoms with Crippen molar-refractivity contribution in [3.63, 3.8) is 0 Å². The number of nitrogens with zero attached hydrogens (tertiary/aromatic N) is 4. The van der Waals surface area contributed by atoms with E-state index in [1.165, 1.54) is 0 Å². The molecule has 0 radical (unpaired) electrons. The van der Waals surface area contributed by atoms with Crippen LogP contribution >= 0.6 is 0 Å². The van der Waals surface area contributed by atoms with Crippen LogP contribution in [0.15, 0.2) is 30.9 Å². The van der Waals surface area contributed by atoms with Gasteiger partial charge in [0.25, 0.3) is 0 Å². The number of imidazole rings is 1. The van der Waals surface area contributed by atoms with Crippen molar-refractivity contribution in [3.8, 4) is 0 Å². The highest BCUT2D eigenvalue weighted by Crippen LogP contribution is 2.17. The number of rotatable bonds is 5. The molecule has 0 spiro atoms. The third-order valence-corrected chi connectivity index (χ3v) is 2.85. The molecule has 0 saturated heterocycles. The molecule has 0 unspecified atom stereocenters. The maximum atomic E-state index is 4.33. The fourth-order valence-electron chi connectivity index (χ4n) is 1.79. The van der Waals surface area contributed by atoms with Crippen molar-refractivity contribution < 1.29 is 0 Å². The monoisotopic (exact) mass is 245 g/mol. The summed E-state index contributed by atoms with van der Waals surface area (Å²) in [5.74, 6) is 1.03. The van der Waals surface area contributed by atoms with Crippen molar-refractivity contribution in [3.05, 3.63) is 36.7 Å². The Morgan fingerprint density at radius 2 is 2.22 bits per heavy atom. The molecule has 0 aromatic carbocycles. The van der Waals surface area contributed by atoms with Crippen LogP contribution in [0, 0.1) is 0 Å². The molecule has 5 heteroatoms. The van der Waals surface area contributed by atoms with E-state index in [9.17, 15) is 0 Å². The van der Waals surface area contributed by atoms with E-state index in [4.69, 9.17) is 0 Å². The molecule has 0 saturated carbocycles. The van der Waals surface area contributed by atoms with E-state index in [0.29, 0.717) is 0 Å². The summed E-state index contributed by atoms with van der Waals surface area (Å²) in [5, 5.41) is 3.26. The van der Waals surface area contributed by atoms with Gasteiger partial charge in [0.1, 0.15) is 5.82 Å². The van der Waals surface area contributed by atoms with Crippen LogP contribution in [0.3, 0.4) is 0 Å². The number of hydrogen-bond donors (Lipinski definition) is 1. The van der Waals surface area contributed by atoms with Crippen molar-refractivity contribution >= 4 is 11.4 Å². The van der Waals surface area contributed by atoms with Crippen molar-refractivity contribution in [2.24, 2.45) is 7.05 Å². The first kappa shape index (κ1) is 12.4. The van der Waals surface area contributed by atoms with Crippen molar-refractivity contribution in [2.75, 3.05) is 23.8 Å². The van der Waals surface area contributed by atoms with E-state index < -0.39 is 0 Å². The normalized spacial score (nSPS) is 10.4. The molecule has 18 heavy (non-hydrogen) atoms. The Hall–Kier alpha value is -2.04. The van der Waals surface area contributed by atoms with Crippen LogP contribution in [0.2, 0.25) is 0 Å². The number of pyridine rings is 1. The fourth-order valence-corrected chi connectivity index (χ4v) is 1.79. The molecule has 0 aliphatic heterocycles. The topological polar surface area (TPSA) is 46.0 Å². The number of nitrogens with one attached hydrogen (secondary N) is 1. The van der Waals surface area contributed by atoms with Crippen LogP contribution < -0.4 is 10.2 Å². The zero-order chi connectivity index (χ0) is 13.0. The molecular weight excluding hydrogens is 226 g/mol. The summed E-state index contributed by atoms with van der Waals surface area (Å²) in [6, 6.07) is 2.10. The number of anilines is 2. The summed E-state index contributed by atoms with van der Waals surface area (Å²) in [6.45, 7) is 3.74. The van der Waals surface area contributed by atoms with Gasteiger partial charge in [0.05, 0.1) is 30.3 Å². The summed E-state index contributed by atoms with van der Waals surface area (Å²) >= 11 is 0. The lowest BCUT2D eigenvalue weighted by atomic mass is 10.3. The maximum absolute atomic E-state index is 4.33. The van der Waals surface area contributed by atoms with Gasteiger partial charge in [-0.2, -0.15) is 0 Å². The van der Waals surface area contributed by atoms with Gasteiger partial charge in [-0.1, -0.05) is 0 Å². The van der Waals surface area contributed by atoms with E-state index in [1.54, 1.807) is 0 Å². The lowest BCUT2D eigenvalue weighted by Crippen LogP contribution is -2.19. The first-order chi connectivity index (χ1) is 8.70. The van der Waals surface area contributed by atoms with E-state index >= 15 is 0 Å². The highest BCUT2D eigenvalue weighted by Gasteiger charge is 2.06. The van der Waals surface area contributed by atoms with Crippen molar-refractivity contribution in [2.45, 2.75) is 13.5 Å². The predicted octanol–water partition coefficient (Wildman–Crippen LogP) is 1.88. The van der Waals surface area contributed by atoms with Gasteiger partial charge in [0.15, 0.2) is 0 Å². The van der Waals surface area contributed by atoms with Gasteiger partial charge in [-0.3, -0.25) is 4.98 Å². The molecule has 0 amide bonds. The van der Waals surface area contributed by atoms with Gasteiger partial charge in [0, 0.05) is 33.0 Å². The second-order valence-corrected chi connectivity index (χ2v) is 4.27. The molecule has 1 N–H and O–H groups in total. The van der Waals surface area contributed by atoms with Gasteiger partial charge < -0.3 is 14.8 Å². The maximum Gasteiger partial charge on any atom is 0.127 e. The molecule has 0 bridgehead atoms. The molecule has 96 valence electrons. The van der Waals surface area contributed by atoms with Crippen LogP contribution in [-0.4, -0.2) is 28.1 Å². The standard InChI is InChI=1S/C13H19N5/c1-4-15-11-7-12(9-14-8-11)18(3)10-13-16-5-6-17(13)2/h5-9,15H,4,10H2,1-3H3. The molecule has 2 aromatic rings. The van der Waals surface area contributed by atoms with Gasteiger partial charge >= 0.3 is 0 Å². The van der Waals surface area contributed by atoms with Crippen LogP contribution in [-0.2, 0) is 13.6 Å². The van der Waals surface area contributed by atoms with E-state index in [-0.39, 0.29) is 0 Å². The lowest BCUT2D eigenvalue weighted by molar-refractivity contribution is 0.761. The minimum absolute atomic E-state index is 0.765. The van der Waals surface area contributed by atoms with Crippen molar-refractivity contribution in [1.82, 2.24) is 14.5 Å². The molecule has 2 rings (SSSR count). The molecule has 0 fully saturated rings. The third-order valence-electron chi connectivity index (χ3n) is 2.85. The fraction of sp³-hybridized carbons (Fsp3) is 0.385. The Bertz CT molecular complexity index is 506. The Kier molecular flexibility index (Phi) is 3.82. The minimum atomic E-state index is 0.765. The van der Waals surface area contributed by atoms with Gasteiger partial charge in [-0.25, -0.2) is 4.98 Å².